The number of nitrogens with one attached hydrogen (secondary N) is 1. The van der Waals surface area contributed by atoms with Gasteiger partial charge in [0, 0.05) is 18.4 Å². The maximum atomic E-state index is 12.2. The van der Waals surface area contributed by atoms with Crippen LogP contribution >= 0.6 is 11.3 Å². The van der Waals surface area contributed by atoms with Crippen molar-refractivity contribution in [3.8, 4) is 0 Å². The van der Waals surface area contributed by atoms with Gasteiger partial charge < -0.3 is 5.11 Å². The van der Waals surface area contributed by atoms with Crippen molar-refractivity contribution in [1.82, 2.24) is 14.7 Å². The molecule has 0 amide bonds. The molecule has 7 nitrogen and oxygen atoms in total. The van der Waals surface area contributed by atoms with E-state index < -0.39 is 27.7 Å². The largest absolute Gasteiger partial charge is 0.476 e. The van der Waals surface area contributed by atoms with Crippen LogP contribution in [0.5, 0.6) is 0 Å². The van der Waals surface area contributed by atoms with Crippen LogP contribution in [-0.2, 0) is 10.0 Å². The fourth-order valence-electron chi connectivity index (χ4n) is 1.57. The van der Waals surface area contributed by atoms with Gasteiger partial charge in [0.15, 0.2) is 9.90 Å². The molecule has 0 radical (unpaired) electrons. The van der Waals surface area contributed by atoms with Crippen molar-refractivity contribution in [2.24, 2.45) is 0 Å². The molecular formula is C11H11N3O4S2. The van der Waals surface area contributed by atoms with Gasteiger partial charge >= 0.3 is 5.97 Å². The number of sulfonamides is 1. The number of aromatic nitrogens is 2. The number of rotatable bonds is 5. The van der Waals surface area contributed by atoms with Crippen LogP contribution in [0.2, 0.25) is 0 Å². The van der Waals surface area contributed by atoms with E-state index in [1.807, 2.05) is 0 Å². The minimum Gasteiger partial charge on any atom is -0.476 e. The average Bonchev–Trinajstić information content (AvgIpc) is 2.89. The molecule has 9 heteroatoms. The number of carboxylic acids is 1. The Hall–Kier alpha value is -1.84. The van der Waals surface area contributed by atoms with Crippen molar-refractivity contribution in [1.29, 1.82) is 0 Å². The Labute approximate surface area is 119 Å². The highest BCUT2D eigenvalue weighted by Crippen LogP contribution is 2.22. The molecule has 0 spiro atoms. The van der Waals surface area contributed by atoms with Crippen LogP contribution in [0, 0.1) is 0 Å². The summed E-state index contributed by atoms with van der Waals surface area (Å²) in [6.45, 7) is 1.66. The first-order valence-corrected chi connectivity index (χ1v) is 7.87. The fraction of sp³-hybridized carbons (Fsp3) is 0.182. The zero-order chi connectivity index (χ0) is 14.8. The Bertz CT molecular complexity index is 712. The summed E-state index contributed by atoms with van der Waals surface area (Å²) in [5.41, 5.74) is 1.45. The smallest absolute Gasteiger partial charge is 0.356 e. The van der Waals surface area contributed by atoms with E-state index in [0.717, 1.165) is 16.9 Å². The van der Waals surface area contributed by atoms with Gasteiger partial charge in [0.2, 0.25) is 0 Å². The van der Waals surface area contributed by atoms with E-state index in [4.69, 9.17) is 5.11 Å². The van der Waals surface area contributed by atoms with E-state index in [-0.39, 0.29) is 4.21 Å². The molecule has 2 N–H and O–H groups in total. The Balaban J connectivity index is 2.28. The van der Waals surface area contributed by atoms with Gasteiger partial charge in [-0.2, -0.15) is 0 Å². The molecule has 0 aliphatic heterocycles. The first kappa shape index (κ1) is 14.6. The third-order valence-electron chi connectivity index (χ3n) is 2.52. The van der Waals surface area contributed by atoms with Crippen LogP contribution < -0.4 is 4.72 Å². The normalized spacial score (nSPS) is 13.1. The quantitative estimate of drug-likeness (QED) is 0.860. The van der Waals surface area contributed by atoms with Gasteiger partial charge in [-0.15, -0.1) is 11.3 Å². The maximum Gasteiger partial charge on any atom is 0.356 e. The van der Waals surface area contributed by atoms with Gasteiger partial charge in [-0.1, -0.05) is 0 Å². The van der Waals surface area contributed by atoms with Gasteiger partial charge in [0.1, 0.15) is 0 Å². The van der Waals surface area contributed by atoms with Crippen LogP contribution in [0.25, 0.3) is 0 Å². The van der Waals surface area contributed by atoms with E-state index in [0.29, 0.717) is 0 Å². The molecular weight excluding hydrogens is 302 g/mol. The second-order valence-electron chi connectivity index (χ2n) is 3.92. The number of hydrogen-bond donors (Lipinski definition) is 2. The lowest BCUT2D eigenvalue weighted by Gasteiger charge is -2.13. The minimum atomic E-state index is -3.94. The van der Waals surface area contributed by atoms with Gasteiger partial charge in [0.25, 0.3) is 10.0 Å². The lowest BCUT2D eigenvalue weighted by molar-refractivity contribution is 0.0687. The van der Waals surface area contributed by atoms with E-state index in [9.17, 15) is 13.2 Å². The van der Waals surface area contributed by atoms with Crippen molar-refractivity contribution in [2.45, 2.75) is 17.2 Å². The van der Waals surface area contributed by atoms with E-state index in [1.54, 1.807) is 31.5 Å². The number of carbonyl (C=O) groups is 1. The lowest BCUT2D eigenvalue weighted by atomic mass is 10.1. The SMILES string of the molecule is C[C@@H](NS(=O)(=O)c1scnc1C(=O)O)c1ccncc1. The Morgan fingerprint density at radius 1 is 1.40 bits per heavy atom. The second-order valence-corrected chi connectivity index (χ2v) is 6.68. The van der Waals surface area contributed by atoms with E-state index in [1.165, 1.54) is 5.51 Å². The molecule has 0 aliphatic carbocycles. The molecule has 0 aliphatic rings. The number of hydrogen-bond acceptors (Lipinski definition) is 6. The highest BCUT2D eigenvalue weighted by atomic mass is 32.2. The molecule has 1 atom stereocenters. The highest BCUT2D eigenvalue weighted by molar-refractivity contribution is 7.91. The zero-order valence-corrected chi connectivity index (χ0v) is 12.0. The van der Waals surface area contributed by atoms with Crippen LogP contribution in [0.15, 0.2) is 34.2 Å². The first-order chi connectivity index (χ1) is 9.42. The molecule has 0 aromatic carbocycles. The number of carboxylic acid groups (broad SMARTS) is 1. The summed E-state index contributed by atoms with van der Waals surface area (Å²) in [4.78, 5) is 18.3. The molecule has 2 rings (SSSR count). The monoisotopic (exact) mass is 313 g/mol. The minimum absolute atomic E-state index is 0.300. The molecule has 0 fully saturated rings. The molecule has 2 heterocycles. The van der Waals surface area contributed by atoms with Crippen molar-refractivity contribution >= 4 is 27.3 Å². The van der Waals surface area contributed by atoms with Gasteiger partial charge in [-0.3, -0.25) is 4.98 Å². The third-order valence-corrected chi connectivity index (χ3v) is 5.43. The average molecular weight is 313 g/mol. The summed E-state index contributed by atoms with van der Waals surface area (Å²) in [5, 5.41) is 8.91. The topological polar surface area (TPSA) is 109 Å². The second kappa shape index (κ2) is 5.65. The third kappa shape index (κ3) is 3.00. The zero-order valence-electron chi connectivity index (χ0n) is 10.3. The molecule has 0 saturated heterocycles. The summed E-state index contributed by atoms with van der Waals surface area (Å²) in [5.74, 6) is -1.37. The predicted molar refractivity (Wildman–Crippen MR) is 72.0 cm³/mol. The highest BCUT2D eigenvalue weighted by Gasteiger charge is 2.27. The van der Waals surface area contributed by atoms with Gasteiger partial charge in [0.05, 0.1) is 5.51 Å². The summed E-state index contributed by atoms with van der Waals surface area (Å²) in [6.07, 6.45) is 3.10. The molecule has 2 aromatic rings. The van der Waals surface area contributed by atoms with E-state index in [2.05, 4.69) is 14.7 Å². The van der Waals surface area contributed by atoms with E-state index >= 15 is 0 Å². The summed E-state index contributed by atoms with van der Waals surface area (Å²) in [7, 11) is -3.94. The van der Waals surface area contributed by atoms with Gasteiger partial charge in [-0.05, 0) is 24.6 Å². The van der Waals surface area contributed by atoms with Crippen LogP contribution in [0.4, 0.5) is 0 Å². The van der Waals surface area contributed by atoms with Crippen LogP contribution in [-0.4, -0.2) is 29.5 Å². The van der Waals surface area contributed by atoms with Crippen molar-refractivity contribution in [3.63, 3.8) is 0 Å². The van der Waals surface area contributed by atoms with Crippen molar-refractivity contribution in [3.05, 3.63) is 41.3 Å². The number of thiazole rings is 1. The van der Waals surface area contributed by atoms with Crippen molar-refractivity contribution < 1.29 is 18.3 Å². The van der Waals surface area contributed by atoms with Crippen molar-refractivity contribution in [2.75, 3.05) is 0 Å². The van der Waals surface area contributed by atoms with Crippen LogP contribution in [0.1, 0.15) is 29.0 Å². The molecule has 0 saturated carbocycles. The number of aromatic carboxylic acids is 1. The van der Waals surface area contributed by atoms with Crippen LogP contribution in [0.3, 0.4) is 0 Å². The number of nitrogens with zero attached hydrogens (tertiary/aromatic N) is 2. The standard InChI is InChI=1S/C11H11N3O4S2/c1-7(8-2-4-12-5-3-8)14-20(17,18)11-9(10(15)16)13-6-19-11/h2-7,14H,1H3,(H,15,16)/t7-/m1/s1. The lowest BCUT2D eigenvalue weighted by Crippen LogP contribution is -2.27. The number of pyridine rings is 1. The Morgan fingerprint density at radius 2 is 2.05 bits per heavy atom. The summed E-state index contributed by atoms with van der Waals surface area (Å²) in [6, 6.07) is 2.85. The molecule has 106 valence electrons. The molecule has 0 bridgehead atoms. The summed E-state index contributed by atoms with van der Waals surface area (Å²) >= 11 is 0.767. The Morgan fingerprint density at radius 3 is 2.65 bits per heavy atom. The molecule has 2 aromatic heterocycles. The molecule has 20 heavy (non-hydrogen) atoms. The first-order valence-electron chi connectivity index (χ1n) is 5.51. The Kier molecular flexibility index (Phi) is 4.12. The fourth-order valence-corrected chi connectivity index (χ4v) is 3.96. The maximum absolute atomic E-state index is 12.2. The van der Waals surface area contributed by atoms with Gasteiger partial charge in [-0.25, -0.2) is 22.9 Å². The summed E-state index contributed by atoms with van der Waals surface area (Å²) < 4.78 is 26.5. The predicted octanol–water partition coefficient (Wildman–Crippen LogP) is 1.28. The molecule has 0 unspecified atom stereocenters.